The Hall–Kier alpha value is -2.03. The van der Waals surface area contributed by atoms with E-state index in [-0.39, 0.29) is 6.10 Å². The molecule has 4 rings (SSSR count). The van der Waals surface area contributed by atoms with Gasteiger partial charge in [0.2, 0.25) is 5.88 Å². The third-order valence-electron chi connectivity index (χ3n) is 4.76. The fourth-order valence-electron chi connectivity index (χ4n) is 3.45. The molecule has 0 aliphatic heterocycles. The molecule has 1 aliphatic rings. The van der Waals surface area contributed by atoms with E-state index in [0.717, 1.165) is 46.7 Å². The number of pyridine rings is 2. The molecule has 3 heterocycles. The number of aromatic nitrogens is 5. The summed E-state index contributed by atoms with van der Waals surface area (Å²) >= 11 is 2.26. The summed E-state index contributed by atoms with van der Waals surface area (Å²) in [4.78, 5) is 8.81. The van der Waals surface area contributed by atoms with Crippen LogP contribution in [0.2, 0.25) is 0 Å². The Bertz CT molecular complexity index is 857. The van der Waals surface area contributed by atoms with Crippen molar-refractivity contribution in [3.05, 3.63) is 57.9 Å². The van der Waals surface area contributed by atoms with Crippen molar-refractivity contribution in [2.45, 2.75) is 44.6 Å². The van der Waals surface area contributed by atoms with E-state index in [1.54, 1.807) is 6.20 Å². The van der Waals surface area contributed by atoms with Crippen LogP contribution in [0, 0.1) is 10.5 Å². The first kappa shape index (κ1) is 17.4. The molecule has 0 saturated heterocycles. The zero-order chi connectivity index (χ0) is 17.9. The molecular weight excluding hydrogens is 441 g/mol. The van der Waals surface area contributed by atoms with E-state index < -0.39 is 0 Å². The smallest absolute Gasteiger partial charge is 0.213 e. The van der Waals surface area contributed by atoms with Crippen molar-refractivity contribution in [2.75, 3.05) is 0 Å². The number of nitrogens with zero attached hydrogens (tertiary/aromatic N) is 5. The zero-order valence-corrected chi connectivity index (χ0v) is 16.7. The quantitative estimate of drug-likeness (QED) is 0.548. The standard InChI is InChI=1S/C19H20IN5O/c1-13-23-24-19(25(13)17-10-7-15(20)12-22-17)14-5-8-16(9-6-14)26-18-4-2-3-11-21-18/h2-4,7,10-12,14,16H,5-6,8-9H2,1H3. The zero-order valence-electron chi connectivity index (χ0n) is 14.5. The van der Waals surface area contributed by atoms with E-state index in [4.69, 9.17) is 4.74 Å². The summed E-state index contributed by atoms with van der Waals surface area (Å²) < 4.78 is 9.21. The molecule has 0 spiro atoms. The van der Waals surface area contributed by atoms with Crippen LogP contribution in [0.15, 0.2) is 42.7 Å². The van der Waals surface area contributed by atoms with E-state index >= 15 is 0 Å². The summed E-state index contributed by atoms with van der Waals surface area (Å²) in [5.41, 5.74) is 0. The van der Waals surface area contributed by atoms with E-state index in [1.807, 2.05) is 37.4 Å². The second kappa shape index (κ2) is 7.69. The molecule has 0 N–H and O–H groups in total. The molecule has 1 fully saturated rings. The maximum atomic E-state index is 6.01. The second-order valence-corrected chi connectivity index (χ2v) is 7.78. The van der Waals surface area contributed by atoms with Crippen molar-refractivity contribution in [3.8, 4) is 11.7 Å². The lowest BCUT2D eigenvalue weighted by Gasteiger charge is -2.28. The van der Waals surface area contributed by atoms with E-state index in [2.05, 4.69) is 53.4 Å². The lowest BCUT2D eigenvalue weighted by molar-refractivity contribution is 0.139. The minimum Gasteiger partial charge on any atom is -0.474 e. The summed E-state index contributed by atoms with van der Waals surface area (Å²) in [6.07, 6.45) is 7.90. The van der Waals surface area contributed by atoms with Gasteiger partial charge in [0.15, 0.2) is 0 Å². The summed E-state index contributed by atoms with van der Waals surface area (Å²) in [6, 6.07) is 9.85. The summed E-state index contributed by atoms with van der Waals surface area (Å²) in [5.74, 6) is 3.85. The minimum absolute atomic E-state index is 0.218. The lowest BCUT2D eigenvalue weighted by Crippen LogP contribution is -2.25. The van der Waals surface area contributed by atoms with Crippen LogP contribution in [0.5, 0.6) is 5.88 Å². The van der Waals surface area contributed by atoms with Crippen LogP contribution in [0.1, 0.15) is 43.3 Å². The number of halogens is 1. The molecule has 1 aliphatic carbocycles. The average molecular weight is 461 g/mol. The molecule has 0 amide bonds. The number of hydrogen-bond acceptors (Lipinski definition) is 5. The van der Waals surface area contributed by atoms with Gasteiger partial charge in [0.1, 0.15) is 23.6 Å². The molecule has 3 aromatic rings. The van der Waals surface area contributed by atoms with Crippen molar-refractivity contribution in [3.63, 3.8) is 0 Å². The summed E-state index contributed by atoms with van der Waals surface area (Å²) in [5, 5.41) is 8.77. The Labute approximate surface area is 166 Å². The highest BCUT2D eigenvalue weighted by Crippen LogP contribution is 2.34. The first-order valence-electron chi connectivity index (χ1n) is 8.82. The molecule has 0 aromatic carbocycles. The van der Waals surface area contributed by atoms with Crippen molar-refractivity contribution < 1.29 is 4.74 Å². The van der Waals surface area contributed by atoms with Gasteiger partial charge in [0, 0.05) is 27.9 Å². The lowest BCUT2D eigenvalue weighted by atomic mass is 9.86. The highest BCUT2D eigenvalue weighted by molar-refractivity contribution is 14.1. The predicted molar refractivity (Wildman–Crippen MR) is 106 cm³/mol. The van der Waals surface area contributed by atoms with Crippen LogP contribution in [0.4, 0.5) is 0 Å². The molecule has 0 bridgehead atoms. The van der Waals surface area contributed by atoms with E-state index in [0.29, 0.717) is 11.8 Å². The van der Waals surface area contributed by atoms with Crippen LogP contribution in [0.25, 0.3) is 5.82 Å². The Morgan fingerprint density at radius 3 is 2.58 bits per heavy atom. The topological polar surface area (TPSA) is 65.7 Å². The number of rotatable bonds is 4. The summed E-state index contributed by atoms with van der Waals surface area (Å²) in [7, 11) is 0. The molecule has 134 valence electrons. The van der Waals surface area contributed by atoms with Crippen LogP contribution in [-0.2, 0) is 0 Å². The van der Waals surface area contributed by atoms with Gasteiger partial charge in [-0.2, -0.15) is 0 Å². The molecule has 6 nitrogen and oxygen atoms in total. The van der Waals surface area contributed by atoms with Gasteiger partial charge < -0.3 is 4.74 Å². The molecular formula is C19H20IN5O. The highest BCUT2D eigenvalue weighted by Gasteiger charge is 2.28. The third kappa shape index (κ3) is 3.72. The van der Waals surface area contributed by atoms with Crippen LogP contribution >= 0.6 is 22.6 Å². The van der Waals surface area contributed by atoms with Gasteiger partial charge >= 0.3 is 0 Å². The molecule has 26 heavy (non-hydrogen) atoms. The van der Waals surface area contributed by atoms with Gasteiger partial charge in [-0.15, -0.1) is 10.2 Å². The Balaban J connectivity index is 1.47. The molecule has 1 saturated carbocycles. The van der Waals surface area contributed by atoms with Crippen molar-refractivity contribution in [1.29, 1.82) is 0 Å². The fourth-order valence-corrected chi connectivity index (χ4v) is 3.77. The maximum Gasteiger partial charge on any atom is 0.213 e. The third-order valence-corrected chi connectivity index (χ3v) is 5.39. The molecule has 7 heteroatoms. The van der Waals surface area contributed by atoms with Gasteiger partial charge in [-0.25, -0.2) is 9.97 Å². The normalized spacial score (nSPS) is 20.1. The van der Waals surface area contributed by atoms with Crippen LogP contribution in [-0.4, -0.2) is 30.8 Å². The number of aryl methyl sites for hydroxylation is 1. The van der Waals surface area contributed by atoms with Gasteiger partial charge in [-0.05, 0) is 73.4 Å². The number of hydrogen-bond donors (Lipinski definition) is 0. The van der Waals surface area contributed by atoms with Crippen molar-refractivity contribution >= 4 is 22.6 Å². The van der Waals surface area contributed by atoms with Gasteiger partial charge in [0.05, 0.1) is 0 Å². The van der Waals surface area contributed by atoms with E-state index in [1.165, 1.54) is 0 Å². The maximum absolute atomic E-state index is 6.01. The van der Waals surface area contributed by atoms with Gasteiger partial charge in [-0.1, -0.05) is 6.07 Å². The first-order chi connectivity index (χ1) is 12.7. The van der Waals surface area contributed by atoms with E-state index in [9.17, 15) is 0 Å². The average Bonchev–Trinajstić information content (AvgIpc) is 3.05. The molecule has 0 radical (unpaired) electrons. The molecule has 0 atom stereocenters. The second-order valence-electron chi connectivity index (χ2n) is 6.53. The Kier molecular flexibility index (Phi) is 5.14. The number of ether oxygens (including phenoxy) is 1. The van der Waals surface area contributed by atoms with Gasteiger partial charge in [0.25, 0.3) is 0 Å². The fraction of sp³-hybridized carbons (Fsp3) is 0.368. The van der Waals surface area contributed by atoms with Crippen LogP contribution in [0.3, 0.4) is 0 Å². The Morgan fingerprint density at radius 2 is 1.88 bits per heavy atom. The SMILES string of the molecule is Cc1nnc(C2CCC(Oc3ccccn3)CC2)n1-c1ccc(I)cn1. The van der Waals surface area contributed by atoms with Crippen molar-refractivity contribution in [1.82, 2.24) is 24.7 Å². The van der Waals surface area contributed by atoms with Crippen molar-refractivity contribution in [2.24, 2.45) is 0 Å². The highest BCUT2D eigenvalue weighted by atomic mass is 127. The summed E-state index contributed by atoms with van der Waals surface area (Å²) in [6.45, 7) is 1.98. The molecule has 0 unspecified atom stereocenters. The monoisotopic (exact) mass is 461 g/mol. The first-order valence-corrected chi connectivity index (χ1v) is 9.90. The Morgan fingerprint density at radius 1 is 1.04 bits per heavy atom. The predicted octanol–water partition coefficient (Wildman–Crippen LogP) is 4.08. The van der Waals surface area contributed by atoms with Gasteiger partial charge in [-0.3, -0.25) is 4.57 Å². The largest absolute Gasteiger partial charge is 0.474 e. The molecule has 3 aromatic heterocycles. The minimum atomic E-state index is 0.218. The van der Waals surface area contributed by atoms with Crippen LogP contribution < -0.4 is 4.74 Å².